The van der Waals surface area contributed by atoms with Crippen LogP contribution in [-0.2, 0) is 4.79 Å². The summed E-state index contributed by atoms with van der Waals surface area (Å²) in [5.74, 6) is 0.681. The lowest BCUT2D eigenvalue weighted by molar-refractivity contribution is -0.114. The summed E-state index contributed by atoms with van der Waals surface area (Å²) in [7, 11) is 0. The number of rotatable bonds is 5. The number of carbonyl (C=O) groups excluding carboxylic acids is 1. The average Bonchev–Trinajstić information content (AvgIpc) is 2.92. The van der Waals surface area contributed by atoms with Gasteiger partial charge >= 0.3 is 0 Å². The number of para-hydroxylation sites is 1. The third kappa shape index (κ3) is 3.88. The molecule has 0 N–H and O–H groups in total. The predicted octanol–water partition coefficient (Wildman–Crippen LogP) is 5.43. The molecule has 1 atom stereocenters. The third-order valence-electron chi connectivity index (χ3n) is 4.23. The van der Waals surface area contributed by atoms with Crippen molar-refractivity contribution in [1.82, 2.24) is 0 Å². The number of carbonyl (C=O) groups is 1. The van der Waals surface area contributed by atoms with Crippen LogP contribution in [0.5, 0.6) is 5.75 Å². The average molecular weight is 413 g/mol. The Morgan fingerprint density at radius 3 is 2.62 bits per heavy atom. The van der Waals surface area contributed by atoms with Gasteiger partial charge < -0.3 is 4.74 Å². The summed E-state index contributed by atoms with van der Waals surface area (Å²) in [4.78, 5) is 12.8. The second-order valence-corrected chi connectivity index (χ2v) is 7.08. The van der Waals surface area contributed by atoms with Crippen LogP contribution in [-0.4, -0.2) is 17.7 Å². The summed E-state index contributed by atoms with van der Waals surface area (Å²) >= 11 is 3.55. The molecule has 4 nitrogen and oxygen atoms in total. The van der Waals surface area contributed by atoms with Crippen molar-refractivity contribution in [2.24, 2.45) is 5.10 Å². The minimum Gasteiger partial charge on any atom is -0.490 e. The van der Waals surface area contributed by atoms with Crippen molar-refractivity contribution in [1.29, 1.82) is 0 Å². The first-order valence-electron chi connectivity index (χ1n) is 8.62. The Bertz CT molecular complexity index is 875. The molecule has 2 aromatic carbocycles. The molecule has 1 aliphatic heterocycles. The highest BCUT2D eigenvalue weighted by atomic mass is 79.9. The second kappa shape index (κ2) is 7.87. The van der Waals surface area contributed by atoms with E-state index in [2.05, 4.69) is 28.0 Å². The number of nitrogens with zero attached hydrogens (tertiary/aromatic N) is 2. The van der Waals surface area contributed by atoms with Crippen LogP contribution < -0.4 is 9.75 Å². The topological polar surface area (TPSA) is 41.9 Å². The first-order valence-corrected chi connectivity index (χ1v) is 9.42. The number of benzene rings is 2. The molecular weight excluding hydrogens is 392 g/mol. The highest BCUT2D eigenvalue weighted by Crippen LogP contribution is 2.30. The summed E-state index contributed by atoms with van der Waals surface area (Å²) in [5, 5.41) is 5.84. The van der Waals surface area contributed by atoms with Crippen LogP contribution in [0.2, 0.25) is 0 Å². The maximum atomic E-state index is 12.8. The van der Waals surface area contributed by atoms with Crippen molar-refractivity contribution >= 4 is 39.3 Å². The van der Waals surface area contributed by atoms with Crippen molar-refractivity contribution < 1.29 is 9.53 Å². The van der Waals surface area contributed by atoms with Gasteiger partial charge in [-0.2, -0.15) is 10.1 Å². The number of hydrogen-bond acceptors (Lipinski definition) is 3. The van der Waals surface area contributed by atoms with E-state index >= 15 is 0 Å². The fourth-order valence-corrected chi connectivity index (χ4v) is 3.09. The SMILES string of the molecule is CC[C@H](C)Oc1ccc(/C=C2/C(=O)N(c3ccccc3)N=C2C)cc1Br. The lowest BCUT2D eigenvalue weighted by atomic mass is 10.1. The summed E-state index contributed by atoms with van der Waals surface area (Å²) in [5.41, 5.74) is 2.98. The largest absolute Gasteiger partial charge is 0.490 e. The van der Waals surface area contributed by atoms with Crippen LogP contribution in [0.3, 0.4) is 0 Å². The lowest BCUT2D eigenvalue weighted by Crippen LogP contribution is -2.21. The van der Waals surface area contributed by atoms with Gasteiger partial charge in [0, 0.05) is 0 Å². The molecular formula is C21H21BrN2O2. The molecule has 0 aromatic heterocycles. The van der Waals surface area contributed by atoms with Gasteiger partial charge in [-0.25, -0.2) is 0 Å². The van der Waals surface area contributed by atoms with Crippen LogP contribution in [0.1, 0.15) is 32.8 Å². The Morgan fingerprint density at radius 1 is 1.23 bits per heavy atom. The fraction of sp³-hybridized carbons (Fsp3) is 0.238. The molecule has 26 heavy (non-hydrogen) atoms. The van der Waals surface area contributed by atoms with Crippen molar-refractivity contribution in [3.05, 3.63) is 64.1 Å². The highest BCUT2D eigenvalue weighted by molar-refractivity contribution is 9.10. The summed E-state index contributed by atoms with van der Waals surface area (Å²) < 4.78 is 6.74. The molecule has 1 amide bonds. The molecule has 0 radical (unpaired) electrons. The number of hydrogen-bond donors (Lipinski definition) is 0. The van der Waals surface area contributed by atoms with E-state index in [1.54, 1.807) is 0 Å². The normalized spacial score (nSPS) is 16.8. The van der Waals surface area contributed by atoms with Gasteiger partial charge in [-0.1, -0.05) is 31.2 Å². The van der Waals surface area contributed by atoms with E-state index in [1.165, 1.54) is 5.01 Å². The van der Waals surface area contributed by atoms with Crippen molar-refractivity contribution in [3.8, 4) is 5.75 Å². The zero-order chi connectivity index (χ0) is 18.7. The molecule has 1 aliphatic rings. The van der Waals surface area contributed by atoms with Crippen LogP contribution in [0, 0.1) is 0 Å². The molecule has 2 aromatic rings. The minimum atomic E-state index is -0.121. The van der Waals surface area contributed by atoms with E-state index in [9.17, 15) is 4.79 Å². The van der Waals surface area contributed by atoms with Crippen LogP contribution in [0.25, 0.3) is 6.08 Å². The van der Waals surface area contributed by atoms with E-state index in [4.69, 9.17) is 4.74 Å². The van der Waals surface area contributed by atoms with Crippen molar-refractivity contribution in [3.63, 3.8) is 0 Å². The maximum absolute atomic E-state index is 12.8. The van der Waals surface area contributed by atoms with Gasteiger partial charge in [0.2, 0.25) is 0 Å². The van der Waals surface area contributed by atoms with Crippen molar-refractivity contribution in [2.75, 3.05) is 5.01 Å². The smallest absolute Gasteiger partial charge is 0.280 e. The van der Waals surface area contributed by atoms with Crippen molar-refractivity contribution in [2.45, 2.75) is 33.3 Å². The Balaban J connectivity index is 1.85. The first-order chi connectivity index (χ1) is 12.5. The molecule has 134 valence electrons. The number of amides is 1. The van der Waals surface area contributed by atoms with Crippen LogP contribution >= 0.6 is 15.9 Å². The molecule has 3 rings (SSSR count). The lowest BCUT2D eigenvalue weighted by Gasteiger charge is -2.14. The third-order valence-corrected chi connectivity index (χ3v) is 4.85. The molecule has 0 spiro atoms. The fourth-order valence-electron chi connectivity index (χ4n) is 2.60. The Morgan fingerprint density at radius 2 is 1.96 bits per heavy atom. The van der Waals surface area contributed by atoms with Gasteiger partial charge in [-0.05, 0) is 72.1 Å². The molecule has 0 aliphatic carbocycles. The molecule has 5 heteroatoms. The molecule has 0 saturated carbocycles. The summed E-state index contributed by atoms with van der Waals surface area (Å²) in [6.45, 7) is 5.98. The number of anilines is 1. The summed E-state index contributed by atoms with van der Waals surface area (Å²) in [6, 6.07) is 15.3. The molecule has 0 saturated heterocycles. The minimum absolute atomic E-state index is 0.121. The van der Waals surface area contributed by atoms with Gasteiger partial charge in [0.25, 0.3) is 5.91 Å². The van der Waals surface area contributed by atoms with Crippen LogP contribution in [0.15, 0.2) is 63.7 Å². The molecule has 0 fully saturated rings. The van der Waals surface area contributed by atoms with E-state index < -0.39 is 0 Å². The molecule has 0 bridgehead atoms. The Kier molecular flexibility index (Phi) is 5.57. The van der Waals surface area contributed by atoms with Gasteiger partial charge in [0.1, 0.15) is 5.75 Å². The Labute approximate surface area is 162 Å². The Hall–Kier alpha value is -2.40. The summed E-state index contributed by atoms with van der Waals surface area (Å²) in [6.07, 6.45) is 2.96. The van der Waals surface area contributed by atoms with Gasteiger partial charge in [-0.15, -0.1) is 0 Å². The van der Waals surface area contributed by atoms with Gasteiger partial charge in [0.15, 0.2) is 0 Å². The zero-order valence-corrected chi connectivity index (χ0v) is 16.7. The van der Waals surface area contributed by atoms with E-state index in [0.717, 1.165) is 27.9 Å². The quantitative estimate of drug-likeness (QED) is 0.614. The first kappa shape index (κ1) is 18.4. The molecule has 1 heterocycles. The van der Waals surface area contributed by atoms with E-state index in [0.29, 0.717) is 11.3 Å². The van der Waals surface area contributed by atoms with Crippen LogP contribution in [0.4, 0.5) is 5.69 Å². The highest BCUT2D eigenvalue weighted by Gasteiger charge is 2.28. The number of ether oxygens (including phenoxy) is 1. The monoisotopic (exact) mass is 412 g/mol. The van der Waals surface area contributed by atoms with Gasteiger partial charge in [0.05, 0.1) is 27.5 Å². The standard InChI is InChI=1S/C21H21BrN2O2/c1-4-14(2)26-20-11-10-16(13-19(20)22)12-18-15(3)23-24(21(18)25)17-8-6-5-7-9-17/h5-14H,4H2,1-3H3/b18-12+/t14-/m0/s1. The van der Waals surface area contributed by atoms with E-state index in [1.807, 2.05) is 68.5 Å². The number of hydrazone groups is 1. The molecule has 0 unspecified atom stereocenters. The second-order valence-electron chi connectivity index (χ2n) is 6.22. The maximum Gasteiger partial charge on any atom is 0.280 e. The number of halogens is 1. The zero-order valence-electron chi connectivity index (χ0n) is 15.1. The van der Waals surface area contributed by atoms with E-state index in [-0.39, 0.29) is 12.0 Å². The van der Waals surface area contributed by atoms with Gasteiger partial charge in [-0.3, -0.25) is 4.79 Å². The predicted molar refractivity (Wildman–Crippen MR) is 110 cm³/mol.